The summed E-state index contributed by atoms with van der Waals surface area (Å²) in [5, 5.41) is 0. The Kier molecular flexibility index (Phi) is 4.74. The molecule has 1 atom stereocenters. The second-order valence-electron chi connectivity index (χ2n) is 7.19. The molecule has 4 rings (SSSR count). The SMILES string of the molecule is CCN1C(=O)c2c(OCc3ccccc3)c(=O)ccn2CC12CCCOC2. The number of likely N-dealkylation sites (N-methyl/N-ethyl adjacent to an activating group) is 1. The first kappa shape index (κ1) is 17.8. The van der Waals surface area contributed by atoms with Crippen LogP contribution in [0, 0.1) is 0 Å². The lowest BCUT2D eigenvalue weighted by molar-refractivity contribution is -0.0527. The number of hydrogen-bond donors (Lipinski definition) is 0. The Hall–Kier alpha value is -2.60. The number of nitrogens with zero attached hydrogens (tertiary/aromatic N) is 2. The Balaban J connectivity index is 1.71. The molecule has 6 heteroatoms. The van der Waals surface area contributed by atoms with E-state index >= 15 is 0 Å². The third kappa shape index (κ3) is 3.14. The van der Waals surface area contributed by atoms with Gasteiger partial charge in [0.2, 0.25) is 5.43 Å². The van der Waals surface area contributed by atoms with Gasteiger partial charge < -0.3 is 18.9 Å². The minimum atomic E-state index is -0.344. The Bertz CT molecular complexity index is 885. The van der Waals surface area contributed by atoms with Crippen molar-refractivity contribution in [2.75, 3.05) is 19.8 Å². The lowest BCUT2D eigenvalue weighted by Gasteiger charge is -2.49. The first-order chi connectivity index (χ1) is 13.1. The van der Waals surface area contributed by atoms with Crippen molar-refractivity contribution < 1.29 is 14.3 Å². The summed E-state index contributed by atoms with van der Waals surface area (Å²) >= 11 is 0. The normalized spacial score (nSPS) is 22.0. The molecule has 1 amide bonds. The van der Waals surface area contributed by atoms with Crippen LogP contribution in [0.4, 0.5) is 0 Å². The molecule has 1 unspecified atom stereocenters. The number of hydrogen-bond acceptors (Lipinski definition) is 4. The lowest BCUT2D eigenvalue weighted by atomic mass is 9.87. The topological polar surface area (TPSA) is 60.8 Å². The first-order valence-electron chi connectivity index (χ1n) is 9.44. The Morgan fingerprint density at radius 2 is 2.00 bits per heavy atom. The van der Waals surface area contributed by atoms with E-state index in [1.54, 1.807) is 6.20 Å². The number of aromatic nitrogens is 1. The van der Waals surface area contributed by atoms with Crippen molar-refractivity contribution in [3.63, 3.8) is 0 Å². The highest BCUT2D eigenvalue weighted by atomic mass is 16.5. The number of pyridine rings is 1. The summed E-state index contributed by atoms with van der Waals surface area (Å²) in [4.78, 5) is 27.7. The number of rotatable bonds is 4. The smallest absolute Gasteiger partial charge is 0.275 e. The van der Waals surface area contributed by atoms with Crippen LogP contribution in [0.25, 0.3) is 0 Å². The summed E-state index contributed by atoms with van der Waals surface area (Å²) < 4.78 is 13.4. The zero-order valence-electron chi connectivity index (χ0n) is 15.5. The molecule has 1 aromatic heterocycles. The first-order valence-corrected chi connectivity index (χ1v) is 9.44. The van der Waals surface area contributed by atoms with E-state index in [1.807, 2.05) is 46.7 Å². The molecule has 0 aliphatic carbocycles. The largest absolute Gasteiger partial charge is 0.483 e. The minimum absolute atomic E-state index is 0.136. The van der Waals surface area contributed by atoms with E-state index in [9.17, 15) is 9.59 Å². The molecule has 0 bridgehead atoms. The average Bonchev–Trinajstić information content (AvgIpc) is 2.69. The van der Waals surface area contributed by atoms with Crippen LogP contribution in [-0.4, -0.2) is 40.7 Å². The molecule has 0 saturated carbocycles. The fourth-order valence-electron chi connectivity index (χ4n) is 4.18. The van der Waals surface area contributed by atoms with Gasteiger partial charge in [-0.15, -0.1) is 0 Å². The van der Waals surface area contributed by atoms with Crippen LogP contribution in [0.1, 0.15) is 35.8 Å². The van der Waals surface area contributed by atoms with Gasteiger partial charge in [-0.25, -0.2) is 0 Å². The van der Waals surface area contributed by atoms with Crippen molar-refractivity contribution in [2.24, 2.45) is 0 Å². The number of amides is 1. The molecule has 2 aliphatic heterocycles. The second-order valence-corrected chi connectivity index (χ2v) is 7.19. The van der Waals surface area contributed by atoms with Gasteiger partial charge in [0.05, 0.1) is 12.1 Å². The molecular formula is C21H24N2O4. The van der Waals surface area contributed by atoms with Crippen molar-refractivity contribution in [1.82, 2.24) is 9.47 Å². The fourth-order valence-corrected chi connectivity index (χ4v) is 4.18. The molecule has 6 nitrogen and oxygen atoms in total. The van der Waals surface area contributed by atoms with Crippen LogP contribution in [0.5, 0.6) is 5.75 Å². The number of carbonyl (C=O) groups is 1. The lowest BCUT2D eigenvalue weighted by Crippen LogP contribution is -2.62. The number of fused-ring (bicyclic) bond motifs is 1. The molecule has 1 saturated heterocycles. The van der Waals surface area contributed by atoms with Gasteiger partial charge in [-0.2, -0.15) is 0 Å². The third-order valence-corrected chi connectivity index (χ3v) is 5.46. The Morgan fingerprint density at radius 3 is 2.70 bits per heavy atom. The van der Waals surface area contributed by atoms with Crippen LogP contribution >= 0.6 is 0 Å². The van der Waals surface area contributed by atoms with Gasteiger partial charge in [0.25, 0.3) is 5.91 Å². The standard InChI is InChI=1S/C21H24N2O4/c1-2-23-20(25)18-19(27-13-16-7-4-3-5-8-16)17(24)9-11-22(18)14-21(23)10-6-12-26-15-21/h3-5,7-9,11H,2,6,10,12-15H2,1H3. The fraction of sp³-hybridized carbons (Fsp3) is 0.429. The predicted octanol–water partition coefficient (Wildman–Crippen LogP) is 2.45. The molecular weight excluding hydrogens is 344 g/mol. The van der Waals surface area contributed by atoms with E-state index in [1.165, 1.54) is 6.07 Å². The monoisotopic (exact) mass is 368 g/mol. The highest BCUT2D eigenvalue weighted by molar-refractivity contribution is 5.96. The van der Waals surface area contributed by atoms with E-state index in [4.69, 9.17) is 9.47 Å². The molecule has 1 spiro atoms. The van der Waals surface area contributed by atoms with Gasteiger partial charge in [0.15, 0.2) is 11.4 Å². The summed E-state index contributed by atoms with van der Waals surface area (Å²) in [5.74, 6) is -0.0219. The highest BCUT2D eigenvalue weighted by Crippen LogP contribution is 2.35. The second kappa shape index (κ2) is 7.19. The van der Waals surface area contributed by atoms with Crippen molar-refractivity contribution in [1.29, 1.82) is 0 Å². The van der Waals surface area contributed by atoms with Crippen molar-refractivity contribution in [2.45, 2.75) is 38.5 Å². The van der Waals surface area contributed by atoms with Gasteiger partial charge in [-0.1, -0.05) is 30.3 Å². The molecule has 0 N–H and O–H groups in total. The van der Waals surface area contributed by atoms with E-state index in [0.717, 1.165) is 25.0 Å². The Labute approximate surface area is 158 Å². The molecule has 142 valence electrons. The van der Waals surface area contributed by atoms with E-state index < -0.39 is 0 Å². The number of carbonyl (C=O) groups excluding carboxylic acids is 1. The maximum absolute atomic E-state index is 13.3. The zero-order valence-corrected chi connectivity index (χ0v) is 15.5. The zero-order chi connectivity index (χ0) is 18.9. The average molecular weight is 368 g/mol. The Morgan fingerprint density at radius 1 is 1.19 bits per heavy atom. The maximum Gasteiger partial charge on any atom is 0.275 e. The molecule has 1 aromatic carbocycles. The molecule has 1 fully saturated rings. The molecule has 3 heterocycles. The van der Waals surface area contributed by atoms with Gasteiger partial charge in [-0.3, -0.25) is 9.59 Å². The number of ether oxygens (including phenoxy) is 2. The predicted molar refractivity (Wildman–Crippen MR) is 101 cm³/mol. The summed E-state index contributed by atoms with van der Waals surface area (Å²) in [6, 6.07) is 11.1. The van der Waals surface area contributed by atoms with Crippen LogP contribution in [-0.2, 0) is 17.9 Å². The summed E-state index contributed by atoms with van der Waals surface area (Å²) in [6.07, 6.45) is 3.53. The van der Waals surface area contributed by atoms with Crippen molar-refractivity contribution >= 4 is 5.91 Å². The highest BCUT2D eigenvalue weighted by Gasteiger charge is 2.46. The van der Waals surface area contributed by atoms with Crippen molar-refractivity contribution in [3.05, 3.63) is 64.1 Å². The molecule has 2 aliphatic rings. The van der Waals surface area contributed by atoms with E-state index in [0.29, 0.717) is 25.4 Å². The summed E-state index contributed by atoms with van der Waals surface area (Å²) in [5.41, 5.74) is 0.684. The summed E-state index contributed by atoms with van der Waals surface area (Å²) in [6.45, 7) is 4.66. The van der Waals surface area contributed by atoms with Gasteiger partial charge in [-0.05, 0) is 25.3 Å². The summed E-state index contributed by atoms with van der Waals surface area (Å²) in [7, 11) is 0. The van der Waals surface area contributed by atoms with Crippen LogP contribution in [0.3, 0.4) is 0 Å². The minimum Gasteiger partial charge on any atom is -0.483 e. The third-order valence-electron chi connectivity index (χ3n) is 5.46. The molecule has 2 aromatic rings. The van der Waals surface area contributed by atoms with Crippen LogP contribution in [0.15, 0.2) is 47.4 Å². The maximum atomic E-state index is 13.3. The van der Waals surface area contributed by atoms with Gasteiger partial charge in [0.1, 0.15) is 6.61 Å². The molecule has 27 heavy (non-hydrogen) atoms. The van der Waals surface area contributed by atoms with E-state index in [-0.39, 0.29) is 29.2 Å². The quantitative estimate of drug-likeness (QED) is 0.832. The van der Waals surface area contributed by atoms with E-state index in [2.05, 4.69) is 0 Å². The molecule has 0 radical (unpaired) electrons. The van der Waals surface area contributed by atoms with Crippen molar-refractivity contribution in [3.8, 4) is 5.75 Å². The van der Waals surface area contributed by atoms with Gasteiger partial charge in [0, 0.05) is 32.0 Å². The van der Waals surface area contributed by atoms with Gasteiger partial charge >= 0.3 is 0 Å². The van der Waals surface area contributed by atoms with Crippen LogP contribution < -0.4 is 10.2 Å². The van der Waals surface area contributed by atoms with Crippen LogP contribution in [0.2, 0.25) is 0 Å². The number of benzene rings is 1.